The minimum atomic E-state index is -0.0947. The monoisotopic (exact) mass is 570 g/mol. The van der Waals surface area contributed by atoms with Crippen molar-refractivity contribution in [2.75, 3.05) is 0 Å². The topological polar surface area (TPSA) is 20.2 Å². The molecule has 0 spiro atoms. The molecule has 1 heteroatoms. The van der Waals surface area contributed by atoms with Crippen LogP contribution in [0, 0.1) is 62.6 Å². The first kappa shape index (κ1) is 30.5. The fourth-order valence-electron chi connectivity index (χ4n) is 13.5. The molecule has 232 valence electrons. The Morgan fingerprint density at radius 2 is 1.57 bits per heavy atom. The molecule has 1 aromatic carbocycles. The number of hydrogen-bond acceptors (Lipinski definition) is 1. The average Bonchev–Trinajstić information content (AvgIpc) is 3.37. The van der Waals surface area contributed by atoms with Gasteiger partial charge in [-0.25, -0.2) is 0 Å². The molecule has 0 heterocycles. The summed E-state index contributed by atoms with van der Waals surface area (Å²) in [6, 6.07) is 11.0. The van der Waals surface area contributed by atoms with Gasteiger partial charge in [-0.3, -0.25) is 0 Å². The zero-order valence-electron chi connectivity index (χ0n) is 28.1. The molecule has 0 saturated heterocycles. The van der Waals surface area contributed by atoms with E-state index in [2.05, 4.69) is 78.5 Å². The van der Waals surface area contributed by atoms with Crippen LogP contribution >= 0.6 is 0 Å². The normalized spacial score (nSPS) is 48.0. The van der Waals surface area contributed by atoms with Crippen LogP contribution in [-0.2, 0) is 6.42 Å². The quantitative estimate of drug-likeness (QED) is 0.255. The Kier molecular flexibility index (Phi) is 7.67. The van der Waals surface area contributed by atoms with Crippen molar-refractivity contribution in [3.63, 3.8) is 0 Å². The summed E-state index contributed by atoms with van der Waals surface area (Å²) in [5, 5.41) is 11.3. The molecule has 6 rings (SSSR count). The third kappa shape index (κ3) is 4.13. The Bertz CT molecular complexity index is 1180. The number of aryl methyl sites for hydroxylation is 1. The number of benzene rings is 1. The summed E-state index contributed by atoms with van der Waals surface area (Å²) < 4.78 is 0. The van der Waals surface area contributed by atoms with E-state index in [4.69, 9.17) is 6.58 Å². The predicted molar refractivity (Wildman–Crippen MR) is 178 cm³/mol. The van der Waals surface area contributed by atoms with E-state index in [1.54, 1.807) is 0 Å². The molecule has 5 aliphatic rings. The fraction of sp³-hybridized carbons (Fsp3) is 0.756. The van der Waals surface area contributed by atoms with Gasteiger partial charge in [-0.15, -0.1) is 0 Å². The average molecular weight is 571 g/mol. The molecular weight excluding hydrogens is 508 g/mol. The van der Waals surface area contributed by atoms with Gasteiger partial charge in [0.1, 0.15) is 0 Å². The molecule has 0 aromatic heterocycles. The van der Waals surface area contributed by atoms with Crippen LogP contribution in [0.25, 0.3) is 0 Å². The van der Waals surface area contributed by atoms with Crippen LogP contribution in [0.3, 0.4) is 0 Å². The molecule has 0 bridgehead atoms. The molecular formula is C41H62O. The van der Waals surface area contributed by atoms with E-state index in [1.165, 1.54) is 75.3 Å². The minimum Gasteiger partial charge on any atom is -0.512 e. The van der Waals surface area contributed by atoms with Crippen LogP contribution in [0.2, 0.25) is 0 Å². The van der Waals surface area contributed by atoms with Gasteiger partial charge in [0.05, 0.1) is 5.76 Å². The first-order valence-corrected chi connectivity index (χ1v) is 18.0. The largest absolute Gasteiger partial charge is 0.512 e. The second kappa shape index (κ2) is 10.5. The number of aliphatic hydroxyl groups excluding tert-OH is 1. The van der Waals surface area contributed by atoms with Gasteiger partial charge in [-0.1, -0.05) is 97.0 Å². The van der Waals surface area contributed by atoms with Gasteiger partial charge in [-0.05, 0) is 146 Å². The van der Waals surface area contributed by atoms with Crippen molar-refractivity contribution in [3.05, 3.63) is 60.4 Å². The van der Waals surface area contributed by atoms with E-state index in [0.29, 0.717) is 45.2 Å². The standard InChI is InChI=1S/C41H62O/c1-9-37(5)29(3)20-23-38(6)34(37)22-24-40(8)35(38)19-18-33-36-32(28(2)14-13-17-31-15-11-10-12-16-31)21-25-41(36,30(4)42)27-26-39(33,40)7/h10-12,15-16,29,32-36,42H,2,4,9,13-14,17-27H2,1,3,5-8H3/t29-,32-,33?,34-,35+,36+,37+,38-,39+,40+,41+/m0/s1. The molecule has 1 unspecified atom stereocenters. The molecule has 0 amide bonds. The molecule has 1 N–H and O–H groups in total. The van der Waals surface area contributed by atoms with Gasteiger partial charge in [-0.2, -0.15) is 0 Å². The Morgan fingerprint density at radius 3 is 2.26 bits per heavy atom. The smallest absolute Gasteiger partial charge is 0.0915 e. The van der Waals surface area contributed by atoms with Crippen molar-refractivity contribution >= 4 is 0 Å². The van der Waals surface area contributed by atoms with Gasteiger partial charge >= 0.3 is 0 Å². The molecule has 1 nitrogen and oxygen atoms in total. The lowest BCUT2D eigenvalue weighted by atomic mass is 9.31. The molecule has 5 aliphatic carbocycles. The summed E-state index contributed by atoms with van der Waals surface area (Å²) in [4.78, 5) is 0. The zero-order chi connectivity index (χ0) is 30.1. The first-order chi connectivity index (χ1) is 19.9. The van der Waals surface area contributed by atoms with E-state index in [0.717, 1.165) is 43.4 Å². The SMILES string of the molecule is C=C(CCCc1ccccc1)[C@@H]1CC[C@]2(C(=C)O)CC[C@]3(C)C(CC[C@@H]4[C@@]5(C)CC[C@H](C)[C@@](C)(CC)[C@@H]5CC[C@]43C)[C@@H]12. The molecule has 5 fully saturated rings. The van der Waals surface area contributed by atoms with E-state index >= 15 is 0 Å². The van der Waals surface area contributed by atoms with Crippen molar-refractivity contribution in [1.82, 2.24) is 0 Å². The van der Waals surface area contributed by atoms with Gasteiger partial charge in [0.15, 0.2) is 0 Å². The van der Waals surface area contributed by atoms with E-state index < -0.39 is 0 Å². The van der Waals surface area contributed by atoms with Gasteiger partial charge in [0.2, 0.25) is 0 Å². The predicted octanol–water partition coefficient (Wildman–Crippen LogP) is 11.7. The van der Waals surface area contributed by atoms with Crippen molar-refractivity contribution in [1.29, 1.82) is 0 Å². The molecule has 0 radical (unpaired) electrons. The molecule has 42 heavy (non-hydrogen) atoms. The maximum Gasteiger partial charge on any atom is 0.0915 e. The van der Waals surface area contributed by atoms with Crippen LogP contribution < -0.4 is 0 Å². The summed E-state index contributed by atoms with van der Waals surface area (Å²) in [5.74, 6) is 4.72. The van der Waals surface area contributed by atoms with Crippen molar-refractivity contribution in [2.45, 2.75) is 131 Å². The summed E-state index contributed by atoms with van der Waals surface area (Å²) in [5.41, 5.74) is 4.45. The van der Waals surface area contributed by atoms with Crippen molar-refractivity contribution < 1.29 is 5.11 Å². The lowest BCUT2D eigenvalue weighted by Gasteiger charge is -2.73. The van der Waals surface area contributed by atoms with Gasteiger partial charge < -0.3 is 5.11 Å². The highest BCUT2D eigenvalue weighted by Crippen LogP contribution is 2.78. The van der Waals surface area contributed by atoms with E-state index in [9.17, 15) is 5.11 Å². The van der Waals surface area contributed by atoms with Crippen LogP contribution in [-0.4, -0.2) is 5.11 Å². The highest BCUT2D eigenvalue weighted by atomic mass is 16.3. The lowest BCUT2D eigenvalue weighted by Crippen LogP contribution is -2.66. The number of hydrogen-bond donors (Lipinski definition) is 1. The van der Waals surface area contributed by atoms with Crippen molar-refractivity contribution in [2.24, 2.45) is 62.6 Å². The van der Waals surface area contributed by atoms with Crippen LogP contribution in [0.4, 0.5) is 0 Å². The minimum absolute atomic E-state index is 0.0947. The molecule has 1 aromatic rings. The zero-order valence-corrected chi connectivity index (χ0v) is 28.1. The number of aliphatic hydroxyl groups is 1. The van der Waals surface area contributed by atoms with E-state index in [1.807, 2.05) is 0 Å². The van der Waals surface area contributed by atoms with Gasteiger partial charge in [0.25, 0.3) is 0 Å². The Labute approximate surface area is 259 Å². The summed E-state index contributed by atoms with van der Waals surface area (Å²) in [6.45, 7) is 25.0. The van der Waals surface area contributed by atoms with Gasteiger partial charge in [0, 0.05) is 5.41 Å². The Hall–Kier alpha value is -1.50. The second-order valence-corrected chi connectivity index (χ2v) is 17.2. The molecule has 11 atom stereocenters. The summed E-state index contributed by atoms with van der Waals surface area (Å²) in [7, 11) is 0. The lowest BCUT2D eigenvalue weighted by molar-refractivity contribution is -0.243. The summed E-state index contributed by atoms with van der Waals surface area (Å²) >= 11 is 0. The Balaban J connectivity index is 1.29. The first-order valence-electron chi connectivity index (χ1n) is 18.0. The van der Waals surface area contributed by atoms with Crippen LogP contribution in [0.15, 0.2) is 54.8 Å². The van der Waals surface area contributed by atoms with E-state index in [-0.39, 0.29) is 5.41 Å². The maximum atomic E-state index is 11.3. The number of rotatable bonds is 7. The number of fused-ring (bicyclic) bond motifs is 7. The Morgan fingerprint density at radius 1 is 0.833 bits per heavy atom. The molecule has 0 aliphatic heterocycles. The number of allylic oxidation sites excluding steroid dienone is 2. The highest BCUT2D eigenvalue weighted by molar-refractivity contribution is 5.26. The van der Waals surface area contributed by atoms with Crippen LogP contribution in [0.1, 0.15) is 131 Å². The van der Waals surface area contributed by atoms with Crippen molar-refractivity contribution in [3.8, 4) is 0 Å². The third-order valence-corrected chi connectivity index (χ3v) is 16.4. The maximum absolute atomic E-state index is 11.3. The highest BCUT2D eigenvalue weighted by Gasteiger charge is 2.71. The molecule has 5 saturated carbocycles. The second-order valence-electron chi connectivity index (χ2n) is 17.2. The van der Waals surface area contributed by atoms with Crippen LogP contribution in [0.5, 0.6) is 0 Å². The fourth-order valence-corrected chi connectivity index (χ4v) is 13.5. The third-order valence-electron chi connectivity index (χ3n) is 16.4. The summed E-state index contributed by atoms with van der Waals surface area (Å²) in [6.07, 6.45) is 17.8.